The summed E-state index contributed by atoms with van der Waals surface area (Å²) in [5.41, 5.74) is 9.92. The van der Waals surface area contributed by atoms with Crippen LogP contribution in [0.25, 0.3) is 0 Å². The Balaban J connectivity index is 0.00000171. The lowest BCUT2D eigenvalue weighted by atomic mass is 9.54. The van der Waals surface area contributed by atoms with E-state index in [2.05, 4.69) is 46.6 Å². The minimum atomic E-state index is -0.912. The van der Waals surface area contributed by atoms with Gasteiger partial charge in [0.2, 0.25) is 5.91 Å². The molecule has 31 heavy (non-hydrogen) atoms. The fourth-order valence-corrected chi connectivity index (χ4v) is 4.55. The molecule has 1 heterocycles. The normalized spacial score (nSPS) is 23.1. The van der Waals surface area contributed by atoms with E-state index < -0.39 is 11.0 Å². The van der Waals surface area contributed by atoms with E-state index in [0.717, 1.165) is 25.2 Å². The van der Waals surface area contributed by atoms with Crippen molar-refractivity contribution in [2.45, 2.75) is 51.8 Å². The summed E-state index contributed by atoms with van der Waals surface area (Å²) < 4.78 is 5.73. The number of carbonyl (C=O) groups is 1. The predicted octanol–water partition coefficient (Wildman–Crippen LogP) is 4.56. The van der Waals surface area contributed by atoms with Crippen molar-refractivity contribution in [1.82, 2.24) is 0 Å². The summed E-state index contributed by atoms with van der Waals surface area (Å²) in [4.78, 5) is 15.3. The second-order valence-electron chi connectivity index (χ2n) is 8.79. The van der Waals surface area contributed by atoms with E-state index >= 15 is 0 Å². The zero-order chi connectivity index (χ0) is 20.6. The number of benzene rings is 2. The number of rotatable bonds is 6. The van der Waals surface area contributed by atoms with Crippen molar-refractivity contribution in [2.75, 3.05) is 23.4 Å². The van der Waals surface area contributed by atoms with Crippen LogP contribution in [0.3, 0.4) is 0 Å². The van der Waals surface area contributed by atoms with Crippen molar-refractivity contribution in [3.8, 4) is 0 Å². The highest BCUT2D eigenvalue weighted by Crippen LogP contribution is 2.50. The number of nitrogens with one attached hydrogen (secondary N) is 1. The van der Waals surface area contributed by atoms with Crippen LogP contribution in [0, 0.1) is 5.41 Å². The van der Waals surface area contributed by atoms with Crippen LogP contribution < -0.4 is 16.0 Å². The van der Waals surface area contributed by atoms with Gasteiger partial charge >= 0.3 is 0 Å². The van der Waals surface area contributed by atoms with Crippen LogP contribution in [0.1, 0.15) is 38.3 Å². The first kappa shape index (κ1) is 25.5. The number of halogens is 2. The Kier molecular flexibility index (Phi) is 8.04. The van der Waals surface area contributed by atoms with Crippen LogP contribution in [0.2, 0.25) is 0 Å². The third-order valence-electron chi connectivity index (χ3n) is 6.80. The summed E-state index contributed by atoms with van der Waals surface area (Å²) in [7, 11) is 0. The zero-order valence-electron chi connectivity index (χ0n) is 18.4. The molecule has 1 aliphatic heterocycles. The van der Waals surface area contributed by atoms with Crippen LogP contribution >= 0.6 is 24.8 Å². The number of anilines is 2. The molecule has 0 bridgehead atoms. The largest absolute Gasteiger partial charge is 0.378 e. The van der Waals surface area contributed by atoms with Gasteiger partial charge in [-0.2, -0.15) is 0 Å². The van der Waals surface area contributed by atoms with Crippen molar-refractivity contribution >= 4 is 42.1 Å². The molecule has 5 nitrogen and oxygen atoms in total. The van der Waals surface area contributed by atoms with Gasteiger partial charge in [-0.25, -0.2) is 0 Å². The Bertz CT molecular complexity index is 904. The van der Waals surface area contributed by atoms with E-state index in [1.165, 1.54) is 16.8 Å². The van der Waals surface area contributed by atoms with Gasteiger partial charge in [-0.3, -0.25) is 4.79 Å². The van der Waals surface area contributed by atoms with Gasteiger partial charge in [-0.05, 0) is 42.7 Å². The van der Waals surface area contributed by atoms with Gasteiger partial charge in [-0.1, -0.05) is 44.2 Å². The highest BCUT2D eigenvalue weighted by atomic mass is 35.5. The lowest BCUT2D eigenvalue weighted by molar-refractivity contribution is -0.166. The SMILES string of the molecule is CCOC1CC(N)(C(=O)Nc2ccc(CN3CCc4ccccc43)cc2)C1(C)C.Cl.Cl. The summed E-state index contributed by atoms with van der Waals surface area (Å²) in [6.45, 7) is 8.53. The lowest BCUT2D eigenvalue weighted by Crippen LogP contribution is -2.74. The maximum Gasteiger partial charge on any atom is 0.245 e. The van der Waals surface area contributed by atoms with Gasteiger partial charge in [-0.15, -0.1) is 24.8 Å². The van der Waals surface area contributed by atoms with E-state index in [-0.39, 0.29) is 36.8 Å². The highest BCUT2D eigenvalue weighted by molar-refractivity contribution is 5.99. The molecular formula is C24H33Cl2N3O2. The van der Waals surface area contributed by atoms with Crippen molar-refractivity contribution < 1.29 is 9.53 Å². The first-order valence-electron chi connectivity index (χ1n) is 10.5. The van der Waals surface area contributed by atoms with Gasteiger partial charge in [0, 0.05) is 42.9 Å². The van der Waals surface area contributed by atoms with Gasteiger partial charge in [0.1, 0.15) is 5.54 Å². The van der Waals surface area contributed by atoms with Crippen molar-refractivity contribution in [3.63, 3.8) is 0 Å². The predicted molar refractivity (Wildman–Crippen MR) is 131 cm³/mol. The molecule has 2 aromatic rings. The molecule has 2 unspecified atom stereocenters. The highest BCUT2D eigenvalue weighted by Gasteiger charge is 2.62. The first-order chi connectivity index (χ1) is 13.8. The fourth-order valence-electron chi connectivity index (χ4n) is 4.55. The molecule has 0 spiro atoms. The number of carbonyl (C=O) groups excluding carboxylic acids is 1. The monoisotopic (exact) mass is 465 g/mol. The molecule has 2 aromatic carbocycles. The minimum absolute atomic E-state index is 0. The Morgan fingerprint density at radius 3 is 2.48 bits per heavy atom. The second kappa shape index (κ2) is 9.78. The first-order valence-corrected chi connectivity index (χ1v) is 10.5. The Morgan fingerprint density at radius 1 is 1.16 bits per heavy atom. The topological polar surface area (TPSA) is 67.6 Å². The Morgan fingerprint density at radius 2 is 1.84 bits per heavy atom. The number of nitrogens with zero attached hydrogens (tertiary/aromatic N) is 1. The Labute approximate surface area is 197 Å². The third-order valence-corrected chi connectivity index (χ3v) is 6.80. The quantitative estimate of drug-likeness (QED) is 0.655. The number of nitrogens with two attached hydrogens (primary N) is 1. The molecule has 1 saturated carbocycles. The molecule has 2 aliphatic rings. The standard InChI is InChI=1S/C24H31N3O2.2ClH/c1-4-29-21-15-24(25,23(21,2)3)22(28)26-19-11-9-17(10-12-19)16-27-14-13-18-7-5-6-8-20(18)27;;/h5-12,21H,4,13-16,25H2,1-3H3,(H,26,28);2*1H. The molecule has 1 amide bonds. The summed E-state index contributed by atoms with van der Waals surface area (Å²) in [6.07, 6.45) is 1.67. The number of hydrogen-bond acceptors (Lipinski definition) is 4. The number of fused-ring (bicyclic) bond motifs is 1. The summed E-state index contributed by atoms with van der Waals surface area (Å²) in [6, 6.07) is 16.7. The van der Waals surface area contributed by atoms with E-state index in [0.29, 0.717) is 13.0 Å². The molecule has 0 saturated heterocycles. The zero-order valence-corrected chi connectivity index (χ0v) is 20.0. The third kappa shape index (κ3) is 4.56. The van der Waals surface area contributed by atoms with Crippen LogP contribution in [-0.2, 0) is 22.5 Å². The van der Waals surface area contributed by atoms with E-state index in [9.17, 15) is 4.79 Å². The number of ether oxygens (including phenoxy) is 1. The molecule has 7 heteroatoms. The average molecular weight is 466 g/mol. The van der Waals surface area contributed by atoms with Crippen molar-refractivity contribution in [1.29, 1.82) is 0 Å². The Hall–Kier alpha value is -1.79. The maximum absolute atomic E-state index is 12.9. The molecule has 2 atom stereocenters. The molecule has 1 fully saturated rings. The molecule has 0 aromatic heterocycles. The van der Waals surface area contributed by atoms with Gasteiger partial charge in [0.15, 0.2) is 0 Å². The molecule has 170 valence electrons. The fraction of sp³-hybridized carbons (Fsp3) is 0.458. The van der Waals surface area contributed by atoms with Crippen LogP contribution in [-0.4, -0.2) is 30.7 Å². The summed E-state index contributed by atoms with van der Waals surface area (Å²) in [5.74, 6) is -0.139. The number of amides is 1. The van der Waals surface area contributed by atoms with Crippen LogP contribution in [0.5, 0.6) is 0 Å². The van der Waals surface area contributed by atoms with Gasteiger partial charge in [0.05, 0.1) is 6.10 Å². The average Bonchev–Trinajstić information content (AvgIpc) is 3.12. The van der Waals surface area contributed by atoms with Crippen LogP contribution in [0.15, 0.2) is 48.5 Å². The molecule has 4 rings (SSSR count). The molecular weight excluding hydrogens is 433 g/mol. The van der Waals surface area contributed by atoms with Crippen molar-refractivity contribution in [2.24, 2.45) is 11.1 Å². The molecule has 0 radical (unpaired) electrons. The smallest absolute Gasteiger partial charge is 0.245 e. The molecule has 1 aliphatic carbocycles. The maximum atomic E-state index is 12.9. The molecule has 3 N–H and O–H groups in total. The number of para-hydroxylation sites is 1. The second-order valence-corrected chi connectivity index (χ2v) is 8.79. The minimum Gasteiger partial charge on any atom is -0.378 e. The number of hydrogen-bond donors (Lipinski definition) is 2. The lowest BCUT2D eigenvalue weighted by Gasteiger charge is -2.57. The van der Waals surface area contributed by atoms with E-state index in [1.54, 1.807) is 0 Å². The van der Waals surface area contributed by atoms with Crippen LogP contribution in [0.4, 0.5) is 11.4 Å². The van der Waals surface area contributed by atoms with E-state index in [4.69, 9.17) is 10.5 Å². The summed E-state index contributed by atoms with van der Waals surface area (Å²) >= 11 is 0. The van der Waals surface area contributed by atoms with E-state index in [1.807, 2.05) is 32.9 Å². The van der Waals surface area contributed by atoms with Gasteiger partial charge < -0.3 is 20.7 Å². The van der Waals surface area contributed by atoms with Gasteiger partial charge in [0.25, 0.3) is 0 Å². The van der Waals surface area contributed by atoms with Crippen molar-refractivity contribution in [3.05, 3.63) is 59.7 Å². The summed E-state index contributed by atoms with van der Waals surface area (Å²) in [5, 5.41) is 3.01.